The third kappa shape index (κ3) is 4.93. The van der Waals surface area contributed by atoms with E-state index in [2.05, 4.69) is 32.6 Å². The molecule has 0 aliphatic heterocycles. The van der Waals surface area contributed by atoms with Gasteiger partial charge in [0, 0.05) is 7.11 Å². The van der Waals surface area contributed by atoms with E-state index < -0.39 is 8.07 Å². The molecule has 1 N–H and O–H groups in total. The van der Waals surface area contributed by atoms with E-state index in [4.69, 9.17) is 4.74 Å². The van der Waals surface area contributed by atoms with E-state index in [-0.39, 0.29) is 6.10 Å². The predicted octanol–water partition coefficient (Wildman–Crippen LogP) is 2.60. The van der Waals surface area contributed by atoms with E-state index in [1.807, 2.05) is 0 Å². The van der Waals surface area contributed by atoms with Crippen LogP contribution >= 0.6 is 0 Å². The molecule has 0 saturated carbocycles. The lowest BCUT2D eigenvalue weighted by atomic mass is 10.2. The van der Waals surface area contributed by atoms with Crippen LogP contribution in [0, 0.1) is 0 Å². The molecule has 0 amide bonds. The summed E-state index contributed by atoms with van der Waals surface area (Å²) in [6.07, 6.45) is 3.68. The van der Waals surface area contributed by atoms with Crippen molar-refractivity contribution in [3.8, 4) is 0 Å². The lowest BCUT2D eigenvalue weighted by Crippen LogP contribution is -2.32. The minimum absolute atomic E-state index is 0.262. The Hall–Kier alpha value is -0.123. The number of hydrogen-bond donors (Lipinski definition) is 1. The fourth-order valence-electron chi connectivity index (χ4n) is 1.54. The average Bonchev–Trinajstić information content (AvgIpc) is 2.03. The summed E-state index contributed by atoms with van der Waals surface area (Å²) in [5, 5.41) is 11.2. The van der Waals surface area contributed by atoms with Gasteiger partial charge in [-0.15, -0.1) is 0 Å². The monoisotopic (exact) mass is 216 g/mol. The van der Waals surface area contributed by atoms with Crippen LogP contribution in [0.15, 0.2) is 11.3 Å². The summed E-state index contributed by atoms with van der Waals surface area (Å²) in [5.41, 5.74) is 0. The van der Waals surface area contributed by atoms with Crippen molar-refractivity contribution < 1.29 is 9.84 Å². The van der Waals surface area contributed by atoms with Gasteiger partial charge in [-0.2, -0.15) is 0 Å². The average molecular weight is 216 g/mol. The maximum absolute atomic E-state index is 9.98. The van der Waals surface area contributed by atoms with Crippen molar-refractivity contribution in [1.29, 1.82) is 0 Å². The van der Waals surface area contributed by atoms with Crippen LogP contribution in [0.2, 0.25) is 19.6 Å². The lowest BCUT2D eigenvalue weighted by molar-refractivity contribution is 0.200. The van der Waals surface area contributed by atoms with Crippen molar-refractivity contribution in [1.82, 2.24) is 0 Å². The Morgan fingerprint density at radius 2 is 2.00 bits per heavy atom. The summed E-state index contributed by atoms with van der Waals surface area (Å²) in [5.74, 6) is 0. The van der Waals surface area contributed by atoms with Crippen LogP contribution in [0.25, 0.3) is 0 Å². The minimum atomic E-state index is -1.39. The highest BCUT2D eigenvalue weighted by Crippen LogP contribution is 2.20. The van der Waals surface area contributed by atoms with Crippen molar-refractivity contribution in [3.63, 3.8) is 0 Å². The van der Waals surface area contributed by atoms with E-state index in [1.54, 1.807) is 7.11 Å². The Morgan fingerprint density at radius 3 is 2.36 bits per heavy atom. The van der Waals surface area contributed by atoms with Crippen molar-refractivity contribution in [2.45, 2.75) is 45.5 Å². The molecular formula is C11H24O2Si. The normalized spacial score (nSPS) is 15.7. The Morgan fingerprint density at radius 1 is 1.43 bits per heavy atom. The zero-order valence-corrected chi connectivity index (χ0v) is 11.1. The maximum atomic E-state index is 9.98. The van der Waals surface area contributed by atoms with E-state index in [0.717, 1.165) is 12.8 Å². The largest absolute Gasteiger partial charge is 0.389 e. The first-order valence-corrected chi connectivity index (χ1v) is 8.81. The molecule has 0 bridgehead atoms. The smallest absolute Gasteiger partial charge is 0.0754 e. The standard InChI is InChI=1S/C11H24O2Si/c1-6-7-10(12)11(8-9-13-2)14(3,4)5/h8,10,12H,6-7,9H2,1-5H3/b11-8-. The van der Waals surface area contributed by atoms with Gasteiger partial charge in [-0.25, -0.2) is 0 Å². The van der Waals surface area contributed by atoms with E-state index in [0.29, 0.717) is 6.61 Å². The van der Waals surface area contributed by atoms with Gasteiger partial charge in [0.15, 0.2) is 0 Å². The Kier molecular flexibility index (Phi) is 6.32. The van der Waals surface area contributed by atoms with E-state index in [9.17, 15) is 5.11 Å². The fourth-order valence-corrected chi connectivity index (χ4v) is 3.38. The molecule has 2 nitrogen and oxygen atoms in total. The number of methoxy groups -OCH3 is 1. The first-order valence-electron chi connectivity index (χ1n) is 5.31. The molecule has 0 aromatic rings. The fraction of sp³-hybridized carbons (Fsp3) is 0.818. The third-order valence-corrected chi connectivity index (χ3v) is 4.53. The highest BCUT2D eigenvalue weighted by Gasteiger charge is 2.24. The lowest BCUT2D eigenvalue weighted by Gasteiger charge is -2.25. The topological polar surface area (TPSA) is 29.5 Å². The maximum Gasteiger partial charge on any atom is 0.0754 e. The third-order valence-electron chi connectivity index (χ3n) is 2.26. The zero-order chi connectivity index (χ0) is 11.2. The zero-order valence-electron chi connectivity index (χ0n) is 10.1. The number of rotatable bonds is 6. The molecule has 0 aromatic heterocycles. The molecule has 0 aromatic carbocycles. The molecule has 0 spiro atoms. The molecule has 0 fully saturated rings. The van der Waals surface area contributed by atoms with Gasteiger partial charge in [-0.05, 0) is 6.42 Å². The summed E-state index contributed by atoms with van der Waals surface area (Å²) in [6, 6.07) is 0. The molecule has 0 aliphatic rings. The van der Waals surface area contributed by atoms with Crippen LogP contribution < -0.4 is 0 Å². The van der Waals surface area contributed by atoms with E-state index >= 15 is 0 Å². The minimum Gasteiger partial charge on any atom is -0.389 e. The van der Waals surface area contributed by atoms with Gasteiger partial charge in [0.25, 0.3) is 0 Å². The second kappa shape index (κ2) is 6.38. The second-order valence-electron chi connectivity index (χ2n) is 4.67. The summed E-state index contributed by atoms with van der Waals surface area (Å²) in [6.45, 7) is 9.48. The SMILES string of the molecule is CCCC(O)/C(=C/COC)[Si](C)(C)C. The van der Waals surface area contributed by atoms with Crippen LogP contribution in [0.3, 0.4) is 0 Å². The summed E-state index contributed by atoms with van der Waals surface area (Å²) in [4.78, 5) is 0. The molecule has 0 saturated heterocycles. The van der Waals surface area contributed by atoms with Crippen LogP contribution in [-0.2, 0) is 4.74 Å². The van der Waals surface area contributed by atoms with Gasteiger partial charge in [-0.3, -0.25) is 0 Å². The molecule has 0 aliphatic carbocycles. The Bertz CT molecular complexity index is 182. The van der Waals surface area contributed by atoms with Crippen LogP contribution in [-0.4, -0.2) is 33.0 Å². The molecular weight excluding hydrogens is 192 g/mol. The quantitative estimate of drug-likeness (QED) is 0.692. The first-order chi connectivity index (χ1) is 6.43. The van der Waals surface area contributed by atoms with Gasteiger partial charge < -0.3 is 9.84 Å². The molecule has 0 radical (unpaired) electrons. The molecule has 0 heterocycles. The molecule has 84 valence electrons. The Balaban J connectivity index is 4.55. The van der Waals surface area contributed by atoms with Gasteiger partial charge in [0.05, 0.1) is 20.8 Å². The molecule has 1 unspecified atom stereocenters. The van der Waals surface area contributed by atoms with Gasteiger partial charge in [-0.1, -0.05) is 44.3 Å². The van der Waals surface area contributed by atoms with Crippen LogP contribution in [0.5, 0.6) is 0 Å². The predicted molar refractivity (Wildman–Crippen MR) is 64.2 cm³/mol. The van der Waals surface area contributed by atoms with Gasteiger partial charge in [0.1, 0.15) is 0 Å². The molecule has 14 heavy (non-hydrogen) atoms. The van der Waals surface area contributed by atoms with Gasteiger partial charge >= 0.3 is 0 Å². The molecule has 1 atom stereocenters. The van der Waals surface area contributed by atoms with Crippen molar-refractivity contribution in [2.75, 3.05) is 13.7 Å². The summed E-state index contributed by atoms with van der Waals surface area (Å²) in [7, 11) is 0.292. The molecule has 3 heteroatoms. The number of aliphatic hydroxyl groups is 1. The summed E-state index contributed by atoms with van der Waals surface area (Å²) >= 11 is 0. The highest BCUT2D eigenvalue weighted by atomic mass is 28.3. The van der Waals surface area contributed by atoms with Gasteiger partial charge in [0.2, 0.25) is 0 Å². The van der Waals surface area contributed by atoms with Crippen LogP contribution in [0.4, 0.5) is 0 Å². The first kappa shape index (κ1) is 13.9. The second-order valence-corrected chi connectivity index (χ2v) is 9.75. The van der Waals surface area contributed by atoms with Crippen molar-refractivity contribution in [2.24, 2.45) is 0 Å². The Labute approximate surface area is 89.0 Å². The molecule has 0 rings (SSSR count). The van der Waals surface area contributed by atoms with Crippen LogP contribution in [0.1, 0.15) is 19.8 Å². The highest BCUT2D eigenvalue weighted by molar-refractivity contribution is 6.83. The number of aliphatic hydroxyl groups excluding tert-OH is 1. The van der Waals surface area contributed by atoms with Crippen molar-refractivity contribution >= 4 is 8.07 Å². The van der Waals surface area contributed by atoms with Crippen molar-refractivity contribution in [3.05, 3.63) is 11.3 Å². The number of hydrogen-bond acceptors (Lipinski definition) is 2. The summed E-state index contributed by atoms with van der Waals surface area (Å²) < 4.78 is 5.03. The number of ether oxygens (including phenoxy) is 1. The van der Waals surface area contributed by atoms with E-state index in [1.165, 1.54) is 5.20 Å².